The molecular formula is C15H20O4. The van der Waals surface area contributed by atoms with Crippen molar-refractivity contribution in [1.29, 1.82) is 0 Å². The van der Waals surface area contributed by atoms with Gasteiger partial charge in [0, 0.05) is 12.0 Å². The highest BCUT2D eigenvalue weighted by Crippen LogP contribution is 2.35. The summed E-state index contributed by atoms with van der Waals surface area (Å²) < 4.78 is 5.28. The number of hydrogen-bond acceptors (Lipinski definition) is 4. The van der Waals surface area contributed by atoms with Gasteiger partial charge in [-0.2, -0.15) is 0 Å². The Labute approximate surface area is 113 Å². The van der Waals surface area contributed by atoms with E-state index in [1.54, 1.807) is 13.0 Å². The summed E-state index contributed by atoms with van der Waals surface area (Å²) in [5.41, 5.74) is 2.05. The van der Waals surface area contributed by atoms with E-state index in [0.29, 0.717) is 24.0 Å². The molecule has 0 aromatic rings. The largest absolute Gasteiger partial charge is 0.458 e. The van der Waals surface area contributed by atoms with Crippen LogP contribution in [0.5, 0.6) is 0 Å². The van der Waals surface area contributed by atoms with Crippen LogP contribution in [0.25, 0.3) is 0 Å². The molecule has 19 heavy (non-hydrogen) atoms. The van der Waals surface area contributed by atoms with E-state index in [-0.39, 0.29) is 6.10 Å². The van der Waals surface area contributed by atoms with Crippen LogP contribution in [0.3, 0.4) is 0 Å². The minimum absolute atomic E-state index is 0.310. The lowest BCUT2D eigenvalue weighted by molar-refractivity contribution is -0.139. The van der Waals surface area contributed by atoms with Crippen LogP contribution in [0.1, 0.15) is 26.7 Å². The number of esters is 1. The molecule has 1 saturated heterocycles. The van der Waals surface area contributed by atoms with E-state index in [4.69, 9.17) is 4.74 Å². The fraction of sp³-hybridized carbons (Fsp3) is 0.533. The highest BCUT2D eigenvalue weighted by atomic mass is 16.6. The number of rotatable bonds is 0. The molecule has 0 saturated carbocycles. The predicted octanol–water partition coefficient (Wildman–Crippen LogP) is 1.49. The summed E-state index contributed by atoms with van der Waals surface area (Å²) in [5, 5.41) is 20.2. The minimum Gasteiger partial charge on any atom is -0.458 e. The van der Waals surface area contributed by atoms with Gasteiger partial charge in [-0.3, -0.25) is 0 Å². The molecule has 4 nitrogen and oxygen atoms in total. The topological polar surface area (TPSA) is 66.8 Å². The third kappa shape index (κ3) is 2.80. The lowest BCUT2D eigenvalue weighted by Crippen LogP contribution is -2.29. The Kier molecular flexibility index (Phi) is 3.92. The van der Waals surface area contributed by atoms with E-state index in [1.807, 2.05) is 13.0 Å². The molecule has 0 spiro atoms. The minimum atomic E-state index is -0.857. The van der Waals surface area contributed by atoms with Crippen molar-refractivity contribution < 1.29 is 19.7 Å². The van der Waals surface area contributed by atoms with Crippen molar-refractivity contribution >= 4 is 5.97 Å². The van der Waals surface area contributed by atoms with Crippen LogP contribution < -0.4 is 0 Å². The predicted molar refractivity (Wildman–Crippen MR) is 71.3 cm³/mol. The van der Waals surface area contributed by atoms with Gasteiger partial charge in [-0.1, -0.05) is 24.3 Å². The molecule has 0 amide bonds. The molecule has 0 aromatic heterocycles. The molecule has 0 bridgehead atoms. The van der Waals surface area contributed by atoms with Crippen molar-refractivity contribution in [2.24, 2.45) is 5.92 Å². The van der Waals surface area contributed by atoms with Gasteiger partial charge >= 0.3 is 5.97 Å². The van der Waals surface area contributed by atoms with Crippen molar-refractivity contribution in [3.8, 4) is 0 Å². The molecule has 1 unspecified atom stereocenters. The number of fused-ring (bicyclic) bond motifs is 1. The normalized spacial score (nSPS) is 41.7. The van der Waals surface area contributed by atoms with Crippen LogP contribution >= 0.6 is 0 Å². The monoisotopic (exact) mass is 264 g/mol. The van der Waals surface area contributed by atoms with Crippen molar-refractivity contribution in [2.45, 2.75) is 45.0 Å². The van der Waals surface area contributed by atoms with Crippen LogP contribution in [0.15, 0.2) is 35.5 Å². The van der Waals surface area contributed by atoms with Gasteiger partial charge < -0.3 is 14.9 Å². The van der Waals surface area contributed by atoms with Crippen molar-refractivity contribution in [2.75, 3.05) is 0 Å². The van der Waals surface area contributed by atoms with Crippen LogP contribution in [-0.2, 0) is 9.53 Å². The number of ether oxygens (including phenoxy) is 1. The fourth-order valence-corrected chi connectivity index (χ4v) is 2.63. The molecule has 2 aliphatic rings. The van der Waals surface area contributed by atoms with Crippen LogP contribution in [0, 0.1) is 5.92 Å². The highest BCUT2D eigenvalue weighted by Gasteiger charge is 2.42. The molecule has 2 rings (SSSR count). The SMILES string of the molecule is C=C1C(=O)OC2C/C(C)=C/C[C@@H](O)/C(C)=C/[C@@H](O)[C@H]12. The second-order valence-corrected chi connectivity index (χ2v) is 5.40. The van der Waals surface area contributed by atoms with E-state index < -0.39 is 24.1 Å². The lowest BCUT2D eigenvalue weighted by atomic mass is 9.85. The maximum atomic E-state index is 11.6. The summed E-state index contributed by atoms with van der Waals surface area (Å²) in [6.07, 6.45) is 2.79. The third-order valence-corrected chi connectivity index (χ3v) is 3.86. The van der Waals surface area contributed by atoms with Crippen LogP contribution in [-0.4, -0.2) is 34.5 Å². The molecule has 4 heteroatoms. The first-order valence-electron chi connectivity index (χ1n) is 6.50. The van der Waals surface area contributed by atoms with Crippen LogP contribution in [0.4, 0.5) is 0 Å². The van der Waals surface area contributed by atoms with E-state index >= 15 is 0 Å². The fourth-order valence-electron chi connectivity index (χ4n) is 2.63. The van der Waals surface area contributed by atoms with Crippen molar-refractivity contribution in [3.63, 3.8) is 0 Å². The van der Waals surface area contributed by atoms with Gasteiger partial charge in [0.05, 0.1) is 18.1 Å². The van der Waals surface area contributed by atoms with E-state index in [1.165, 1.54) is 0 Å². The summed E-state index contributed by atoms with van der Waals surface area (Å²) in [5.74, 6) is -0.871. The zero-order valence-electron chi connectivity index (χ0n) is 11.3. The first kappa shape index (κ1) is 14.0. The van der Waals surface area contributed by atoms with Gasteiger partial charge in [0.15, 0.2) is 0 Å². The molecule has 2 N–H and O–H groups in total. The average molecular weight is 264 g/mol. The first-order valence-corrected chi connectivity index (χ1v) is 6.50. The molecule has 1 fully saturated rings. The summed E-state index contributed by atoms with van der Waals surface area (Å²) in [7, 11) is 0. The third-order valence-electron chi connectivity index (χ3n) is 3.86. The van der Waals surface area contributed by atoms with Crippen LogP contribution in [0.2, 0.25) is 0 Å². The Morgan fingerprint density at radius 1 is 1.37 bits per heavy atom. The van der Waals surface area contributed by atoms with Gasteiger partial charge in [0.1, 0.15) is 6.10 Å². The molecular weight excluding hydrogens is 244 g/mol. The van der Waals surface area contributed by atoms with Gasteiger partial charge in [-0.05, 0) is 25.8 Å². The zero-order chi connectivity index (χ0) is 14.2. The smallest absolute Gasteiger partial charge is 0.334 e. The summed E-state index contributed by atoms with van der Waals surface area (Å²) in [6, 6.07) is 0. The quantitative estimate of drug-likeness (QED) is 0.395. The highest BCUT2D eigenvalue weighted by molar-refractivity contribution is 5.91. The Morgan fingerprint density at radius 2 is 2.05 bits per heavy atom. The van der Waals surface area contributed by atoms with Gasteiger partial charge in [-0.15, -0.1) is 0 Å². The Bertz CT molecular complexity index is 461. The Morgan fingerprint density at radius 3 is 2.74 bits per heavy atom. The molecule has 1 aliphatic carbocycles. The Balaban J connectivity index is 2.36. The average Bonchev–Trinajstić information content (AvgIpc) is 2.60. The zero-order valence-corrected chi connectivity index (χ0v) is 11.3. The second kappa shape index (κ2) is 5.31. The number of hydrogen-bond donors (Lipinski definition) is 2. The second-order valence-electron chi connectivity index (χ2n) is 5.40. The Hall–Kier alpha value is -1.39. The standard InChI is InChI=1S/C15H20O4/c1-8-4-5-11(16)9(2)7-12(17)14-10(3)15(18)19-13(14)6-8/h4,7,11-14,16-17H,3,5-6H2,1-2H3/b8-4+,9-7+/t11-,12-,13?,14+/m1/s1. The maximum Gasteiger partial charge on any atom is 0.334 e. The number of aliphatic hydroxyl groups is 2. The molecule has 0 radical (unpaired) electrons. The number of carbonyl (C=O) groups excluding carboxylic acids is 1. The van der Waals surface area contributed by atoms with E-state index in [0.717, 1.165) is 5.57 Å². The molecule has 104 valence electrons. The molecule has 4 atom stereocenters. The van der Waals surface area contributed by atoms with Gasteiger partial charge in [0.2, 0.25) is 0 Å². The van der Waals surface area contributed by atoms with Crippen molar-refractivity contribution in [1.82, 2.24) is 0 Å². The van der Waals surface area contributed by atoms with Gasteiger partial charge in [-0.25, -0.2) is 4.79 Å². The molecule has 1 heterocycles. The van der Waals surface area contributed by atoms with E-state index in [9.17, 15) is 15.0 Å². The molecule has 0 aromatic carbocycles. The summed E-state index contributed by atoms with van der Waals surface area (Å²) in [4.78, 5) is 11.6. The number of carbonyl (C=O) groups is 1. The van der Waals surface area contributed by atoms with E-state index in [2.05, 4.69) is 6.58 Å². The number of aliphatic hydroxyl groups excluding tert-OH is 2. The summed E-state index contributed by atoms with van der Waals surface area (Å²) in [6.45, 7) is 7.43. The van der Waals surface area contributed by atoms with Gasteiger partial charge in [0.25, 0.3) is 0 Å². The summed E-state index contributed by atoms with van der Waals surface area (Å²) >= 11 is 0. The van der Waals surface area contributed by atoms with Crippen molar-refractivity contribution in [3.05, 3.63) is 35.5 Å². The lowest BCUT2D eigenvalue weighted by Gasteiger charge is -2.24. The molecule has 1 aliphatic heterocycles. The maximum absolute atomic E-state index is 11.6. The first-order chi connectivity index (χ1) is 8.90.